The van der Waals surface area contributed by atoms with Gasteiger partial charge in [-0.15, -0.1) is 8.60 Å². The average Bonchev–Trinajstić information content (AvgIpc) is 2.51. The lowest BCUT2D eigenvalue weighted by Gasteiger charge is -2.20. The van der Waals surface area contributed by atoms with Crippen molar-refractivity contribution >= 4 is 20.4 Å². The Balaban J connectivity index is 3.91. The van der Waals surface area contributed by atoms with Crippen LogP contribution in [0.2, 0.25) is 8.60 Å². The van der Waals surface area contributed by atoms with Crippen molar-refractivity contribution in [3.63, 3.8) is 0 Å². The summed E-state index contributed by atoms with van der Waals surface area (Å²) in [6.45, 7) is 9.43. The van der Waals surface area contributed by atoms with Crippen LogP contribution in [0.3, 0.4) is 0 Å². The number of rotatable bonds is 16. The lowest BCUT2D eigenvalue weighted by Crippen LogP contribution is -2.10. The van der Waals surface area contributed by atoms with E-state index in [0.29, 0.717) is 0 Å². The third-order valence-corrected chi connectivity index (χ3v) is 7.99. The Labute approximate surface area is 146 Å². The van der Waals surface area contributed by atoms with Gasteiger partial charge in [-0.25, -0.2) is 0 Å². The van der Waals surface area contributed by atoms with E-state index in [2.05, 4.69) is 27.7 Å². The van der Waals surface area contributed by atoms with Gasteiger partial charge >= 0.3 is 20.4 Å². The van der Waals surface area contributed by atoms with Crippen LogP contribution < -0.4 is 0 Å². The first-order valence-electron chi connectivity index (χ1n) is 10.3. The van der Waals surface area contributed by atoms with E-state index in [0.717, 1.165) is 5.92 Å². The third-order valence-electron chi connectivity index (χ3n) is 5.21. The molecule has 21 heavy (non-hydrogen) atoms. The second-order valence-corrected chi connectivity index (χ2v) is 9.51. The van der Waals surface area contributed by atoms with Crippen LogP contribution in [0.5, 0.6) is 0 Å². The summed E-state index contributed by atoms with van der Waals surface area (Å²) < 4.78 is 2.81. The standard InChI is InChI=1S/C12H25.C8H17.Mg/c1-3-5-7-9-11-12-10-8-6-4-2;1-4-6-7-8(3)5-2;/h9H,3-8,10-12H2,1-2H3;8H,3-7H2,1-2H3;. The smallest absolute Gasteiger partial charge is 0.143 e. The molecule has 0 aromatic carbocycles. The van der Waals surface area contributed by atoms with Gasteiger partial charge in [0.05, 0.1) is 0 Å². The van der Waals surface area contributed by atoms with Crippen molar-refractivity contribution in [3.05, 3.63) is 0 Å². The van der Waals surface area contributed by atoms with Crippen molar-refractivity contribution in [2.75, 3.05) is 0 Å². The molecule has 2 atom stereocenters. The predicted octanol–water partition coefficient (Wildman–Crippen LogP) is 7.66. The zero-order chi connectivity index (χ0) is 15.8. The Hall–Kier alpha value is 0.766. The van der Waals surface area contributed by atoms with Gasteiger partial charge < -0.3 is 0 Å². The second-order valence-electron chi connectivity index (χ2n) is 7.20. The van der Waals surface area contributed by atoms with Crippen LogP contribution in [0.15, 0.2) is 0 Å². The molecule has 0 N–H and O–H groups in total. The van der Waals surface area contributed by atoms with E-state index in [4.69, 9.17) is 0 Å². The van der Waals surface area contributed by atoms with E-state index in [1.54, 1.807) is 17.4 Å². The highest BCUT2D eigenvalue weighted by molar-refractivity contribution is 6.37. The van der Waals surface area contributed by atoms with E-state index in [1.165, 1.54) is 74.7 Å². The monoisotopic (exact) mass is 306 g/mol. The SMILES string of the molecule is CCCCCCC[CH](CCCC)[Mg][CH2]C(CC)CCCC. The van der Waals surface area contributed by atoms with Gasteiger partial charge in [0.15, 0.2) is 0 Å². The van der Waals surface area contributed by atoms with Gasteiger partial charge in [0.25, 0.3) is 0 Å². The van der Waals surface area contributed by atoms with Crippen molar-refractivity contribution in [1.29, 1.82) is 0 Å². The Morgan fingerprint density at radius 1 is 0.619 bits per heavy atom. The Morgan fingerprint density at radius 2 is 1.19 bits per heavy atom. The maximum atomic E-state index is 2.42. The van der Waals surface area contributed by atoms with E-state index >= 15 is 0 Å². The molecule has 0 radical (unpaired) electrons. The summed E-state index contributed by atoms with van der Waals surface area (Å²) in [5.74, 6) is 1.07. The van der Waals surface area contributed by atoms with Crippen molar-refractivity contribution in [3.8, 4) is 0 Å². The van der Waals surface area contributed by atoms with Crippen LogP contribution in [0.1, 0.15) is 111 Å². The van der Waals surface area contributed by atoms with Crippen molar-refractivity contribution < 1.29 is 0 Å². The minimum atomic E-state index is 0.179. The van der Waals surface area contributed by atoms with Crippen molar-refractivity contribution in [2.24, 2.45) is 5.92 Å². The minimum absolute atomic E-state index is 0.179. The van der Waals surface area contributed by atoms with Crippen LogP contribution in [0.25, 0.3) is 0 Å². The molecule has 0 fully saturated rings. The van der Waals surface area contributed by atoms with Crippen LogP contribution >= 0.6 is 0 Å². The van der Waals surface area contributed by atoms with Gasteiger partial charge in [0, 0.05) is 0 Å². The summed E-state index contributed by atoms with van der Waals surface area (Å²) in [7, 11) is 0. The van der Waals surface area contributed by atoms with Crippen molar-refractivity contribution in [1.82, 2.24) is 0 Å². The zero-order valence-electron chi connectivity index (χ0n) is 15.8. The molecule has 0 saturated carbocycles. The highest BCUT2D eigenvalue weighted by atomic mass is 24.5. The molecular weight excluding hydrogens is 265 g/mol. The summed E-state index contributed by atoms with van der Waals surface area (Å²) >= 11 is 0.179. The molecule has 0 aliphatic heterocycles. The summed E-state index contributed by atoms with van der Waals surface area (Å²) in [4.78, 5) is 0. The molecular formula is C20H42Mg. The van der Waals surface area contributed by atoms with Gasteiger partial charge in [0.1, 0.15) is 0 Å². The normalized spacial score (nSPS) is 13.9. The molecule has 0 spiro atoms. The summed E-state index contributed by atoms with van der Waals surface area (Å²) in [6.07, 6.45) is 19.1. The first-order valence-corrected chi connectivity index (χ1v) is 12.1. The molecule has 0 nitrogen and oxygen atoms in total. The molecule has 1 heteroatoms. The number of unbranched alkanes of at least 4 members (excludes halogenated alkanes) is 6. The lowest BCUT2D eigenvalue weighted by molar-refractivity contribution is 0.484. The Bertz CT molecular complexity index is 190. The van der Waals surface area contributed by atoms with Crippen LogP contribution in [-0.2, 0) is 0 Å². The number of hydrogen-bond donors (Lipinski definition) is 0. The minimum Gasteiger partial charge on any atom is -0.143 e. The Kier molecular flexibility index (Phi) is 17.8. The topological polar surface area (TPSA) is 0 Å². The molecule has 0 aliphatic rings. The van der Waals surface area contributed by atoms with Gasteiger partial charge in [-0.1, -0.05) is 117 Å². The molecule has 0 aromatic heterocycles. The molecule has 0 aliphatic carbocycles. The summed E-state index contributed by atoms with van der Waals surface area (Å²) in [5.41, 5.74) is 0. The molecule has 0 rings (SSSR count). The number of hydrogen-bond acceptors (Lipinski definition) is 0. The first kappa shape index (κ1) is 21.8. The third kappa shape index (κ3) is 14.1. The van der Waals surface area contributed by atoms with Crippen LogP contribution in [0.4, 0.5) is 0 Å². The van der Waals surface area contributed by atoms with E-state index < -0.39 is 0 Å². The molecule has 124 valence electrons. The molecule has 0 bridgehead atoms. The summed E-state index contributed by atoms with van der Waals surface area (Å²) in [5, 5.41) is 0. The van der Waals surface area contributed by atoms with Gasteiger partial charge in [-0.05, 0) is 0 Å². The first-order chi connectivity index (χ1) is 10.3. The van der Waals surface area contributed by atoms with Gasteiger partial charge in [0.2, 0.25) is 0 Å². The van der Waals surface area contributed by atoms with Crippen LogP contribution in [0, 0.1) is 5.92 Å². The van der Waals surface area contributed by atoms with Crippen molar-refractivity contribution in [2.45, 2.75) is 120 Å². The maximum Gasteiger partial charge on any atom is 0.369 e. The zero-order valence-corrected chi connectivity index (χ0v) is 17.2. The predicted molar refractivity (Wildman–Crippen MR) is 101 cm³/mol. The van der Waals surface area contributed by atoms with Gasteiger partial charge in [-0.3, -0.25) is 0 Å². The molecule has 0 saturated heterocycles. The fraction of sp³-hybridized carbons (Fsp3) is 1.00. The summed E-state index contributed by atoms with van der Waals surface area (Å²) in [6, 6.07) is 0. The fourth-order valence-electron chi connectivity index (χ4n) is 3.48. The lowest BCUT2D eigenvalue weighted by atomic mass is 10.0. The van der Waals surface area contributed by atoms with E-state index in [9.17, 15) is 0 Å². The fourth-order valence-corrected chi connectivity index (χ4v) is 6.27. The molecule has 0 aromatic rings. The average molecular weight is 307 g/mol. The van der Waals surface area contributed by atoms with Crippen LogP contribution in [-0.4, -0.2) is 20.4 Å². The molecule has 0 heterocycles. The van der Waals surface area contributed by atoms with Gasteiger partial charge in [-0.2, -0.15) is 0 Å². The molecule has 2 unspecified atom stereocenters. The largest absolute Gasteiger partial charge is 0.369 e. The highest BCUT2D eigenvalue weighted by Gasteiger charge is 2.15. The maximum absolute atomic E-state index is 2.42. The van der Waals surface area contributed by atoms with E-state index in [-0.39, 0.29) is 20.4 Å². The molecule has 0 amide bonds. The second kappa shape index (κ2) is 17.1. The highest BCUT2D eigenvalue weighted by Crippen LogP contribution is 2.26. The Morgan fingerprint density at radius 3 is 1.81 bits per heavy atom. The quantitative estimate of drug-likeness (QED) is 0.203. The van der Waals surface area contributed by atoms with E-state index in [1.807, 2.05) is 0 Å².